The minimum absolute atomic E-state index is 0.0751. The van der Waals surface area contributed by atoms with Gasteiger partial charge in [-0.3, -0.25) is 0 Å². The van der Waals surface area contributed by atoms with Crippen LogP contribution in [0.2, 0.25) is 5.02 Å². The second kappa shape index (κ2) is 10.9. The molecule has 0 saturated heterocycles. The lowest BCUT2D eigenvalue weighted by Gasteiger charge is -2.27. The fourth-order valence-corrected chi connectivity index (χ4v) is 6.97. The Bertz CT molecular complexity index is 1110. The molecule has 0 aliphatic rings. The Balaban J connectivity index is 1.96. The SMILES string of the molecule is Cc1ccc([S+](C[C@@H](NC(C)C)c2ccc(Cl)cc2)[N-]S(=O)(=O)c2ccc(C)cc2)cc1. The van der Waals surface area contributed by atoms with E-state index < -0.39 is 21.1 Å². The Kier molecular flexibility index (Phi) is 8.42. The lowest BCUT2D eigenvalue weighted by atomic mass is 10.1. The maximum Gasteiger partial charge on any atom is 0.143 e. The monoisotopic (exact) mass is 488 g/mol. The number of sulfonamides is 1. The van der Waals surface area contributed by atoms with Gasteiger partial charge in [0.25, 0.3) is 0 Å². The van der Waals surface area contributed by atoms with Crippen LogP contribution in [0.4, 0.5) is 0 Å². The standard InChI is InChI=1S/C25H29ClN2O2S2/c1-18(2)27-25(21-9-11-22(26)12-10-21)17-31(23-13-5-19(3)6-14-23)28-32(29,30)24-15-7-20(4)8-16-24/h5-16,18,25,27H,17H2,1-4H3/t25-,31?/m1/s1. The van der Waals surface area contributed by atoms with E-state index in [2.05, 4.69) is 23.3 Å². The molecule has 170 valence electrons. The van der Waals surface area contributed by atoms with Gasteiger partial charge in [0.05, 0.1) is 10.9 Å². The number of benzene rings is 3. The first kappa shape index (κ1) is 24.8. The molecule has 3 rings (SSSR count). The second-order valence-corrected chi connectivity index (χ2v) is 12.1. The molecule has 3 aromatic rings. The van der Waals surface area contributed by atoms with E-state index >= 15 is 0 Å². The average molecular weight is 489 g/mol. The van der Waals surface area contributed by atoms with E-state index in [1.165, 1.54) is 0 Å². The third kappa shape index (κ3) is 6.83. The van der Waals surface area contributed by atoms with Gasteiger partial charge in [-0.15, -0.1) is 0 Å². The van der Waals surface area contributed by atoms with E-state index in [1.54, 1.807) is 24.3 Å². The molecule has 1 N–H and O–H groups in total. The molecule has 0 aromatic heterocycles. The molecule has 0 saturated carbocycles. The van der Waals surface area contributed by atoms with Crippen molar-refractivity contribution < 1.29 is 8.42 Å². The minimum atomic E-state index is -3.81. The number of halogens is 1. The summed E-state index contributed by atoms with van der Waals surface area (Å²) in [5.41, 5.74) is 3.18. The van der Waals surface area contributed by atoms with E-state index in [-0.39, 0.29) is 17.0 Å². The van der Waals surface area contributed by atoms with Gasteiger partial charge in [-0.2, -0.15) is 0 Å². The third-order valence-electron chi connectivity index (χ3n) is 4.93. The lowest BCUT2D eigenvalue weighted by molar-refractivity contribution is 0.511. The zero-order valence-corrected chi connectivity index (χ0v) is 21.1. The Morgan fingerprint density at radius 2 is 1.41 bits per heavy atom. The summed E-state index contributed by atoms with van der Waals surface area (Å²) in [5.74, 6) is 0.522. The highest BCUT2D eigenvalue weighted by molar-refractivity contribution is 8.14. The molecule has 0 aliphatic heterocycles. The van der Waals surface area contributed by atoms with E-state index in [1.807, 2.05) is 62.4 Å². The molecule has 0 heterocycles. The summed E-state index contributed by atoms with van der Waals surface area (Å²) in [6, 6.07) is 22.6. The van der Waals surface area contributed by atoms with Crippen molar-refractivity contribution in [2.75, 3.05) is 5.75 Å². The van der Waals surface area contributed by atoms with Gasteiger partial charge in [-0.25, -0.2) is 8.42 Å². The Morgan fingerprint density at radius 1 is 0.875 bits per heavy atom. The summed E-state index contributed by atoms with van der Waals surface area (Å²) in [4.78, 5) is 1.11. The molecule has 0 spiro atoms. The zero-order valence-electron chi connectivity index (χ0n) is 18.7. The van der Waals surface area contributed by atoms with Crippen molar-refractivity contribution in [1.82, 2.24) is 5.32 Å². The molecule has 0 aliphatic carbocycles. The Labute approximate surface area is 199 Å². The lowest BCUT2D eigenvalue weighted by Crippen LogP contribution is -2.33. The molecule has 32 heavy (non-hydrogen) atoms. The van der Waals surface area contributed by atoms with Gasteiger partial charge in [0.15, 0.2) is 0 Å². The van der Waals surface area contributed by atoms with Crippen LogP contribution in [0.5, 0.6) is 0 Å². The van der Waals surface area contributed by atoms with Crippen molar-refractivity contribution in [3.63, 3.8) is 0 Å². The Morgan fingerprint density at radius 3 is 1.94 bits per heavy atom. The number of hydrogen-bond donors (Lipinski definition) is 1. The Hall–Kier alpha value is -1.83. The molecular weight excluding hydrogens is 460 g/mol. The van der Waals surface area contributed by atoms with Crippen LogP contribution in [0.25, 0.3) is 4.13 Å². The van der Waals surface area contributed by atoms with Gasteiger partial charge in [0, 0.05) is 11.1 Å². The highest BCUT2D eigenvalue weighted by Crippen LogP contribution is 2.32. The maximum atomic E-state index is 13.2. The van der Waals surface area contributed by atoms with E-state index in [0.29, 0.717) is 10.8 Å². The topological polar surface area (TPSA) is 60.3 Å². The van der Waals surface area contributed by atoms with Crippen LogP contribution in [0.3, 0.4) is 0 Å². The van der Waals surface area contributed by atoms with E-state index in [0.717, 1.165) is 21.6 Å². The van der Waals surface area contributed by atoms with Crippen LogP contribution in [-0.4, -0.2) is 20.2 Å². The van der Waals surface area contributed by atoms with Crippen molar-refractivity contribution in [3.8, 4) is 0 Å². The molecule has 7 heteroatoms. The average Bonchev–Trinajstić information content (AvgIpc) is 2.74. The van der Waals surface area contributed by atoms with Crippen LogP contribution < -0.4 is 5.32 Å². The van der Waals surface area contributed by atoms with Crippen molar-refractivity contribution in [2.45, 2.75) is 49.6 Å². The van der Waals surface area contributed by atoms with Crippen LogP contribution in [0, 0.1) is 13.8 Å². The smallest absolute Gasteiger partial charge is 0.143 e. The molecule has 4 nitrogen and oxygen atoms in total. The van der Waals surface area contributed by atoms with Gasteiger partial charge in [-0.1, -0.05) is 73.0 Å². The molecule has 3 aromatic carbocycles. The minimum Gasteiger partial charge on any atom is -0.307 e. The van der Waals surface area contributed by atoms with Gasteiger partial charge in [0.2, 0.25) is 0 Å². The van der Waals surface area contributed by atoms with Crippen LogP contribution in [0.15, 0.2) is 82.6 Å². The summed E-state index contributed by atoms with van der Waals surface area (Å²) in [5, 5.41) is 4.24. The highest BCUT2D eigenvalue weighted by Gasteiger charge is 2.26. The first-order valence-electron chi connectivity index (χ1n) is 10.5. The van der Waals surface area contributed by atoms with Gasteiger partial charge >= 0.3 is 0 Å². The largest absolute Gasteiger partial charge is 0.307 e. The molecular formula is C25H29ClN2O2S2. The van der Waals surface area contributed by atoms with Crippen molar-refractivity contribution in [2.24, 2.45) is 0 Å². The number of aryl methyl sites for hydroxylation is 2. The van der Waals surface area contributed by atoms with Crippen LogP contribution >= 0.6 is 11.6 Å². The normalized spacial score (nSPS) is 13.8. The number of rotatable bonds is 9. The first-order valence-corrected chi connectivity index (χ1v) is 13.6. The molecule has 1 unspecified atom stereocenters. The first-order chi connectivity index (χ1) is 15.1. The summed E-state index contributed by atoms with van der Waals surface area (Å²) in [6.45, 7) is 8.10. The van der Waals surface area contributed by atoms with Gasteiger partial charge in [0.1, 0.15) is 20.7 Å². The molecule has 2 atom stereocenters. The highest BCUT2D eigenvalue weighted by atomic mass is 35.5. The van der Waals surface area contributed by atoms with Crippen LogP contribution in [0.1, 0.15) is 36.6 Å². The summed E-state index contributed by atoms with van der Waals surface area (Å²) in [7, 11) is -3.81. The van der Waals surface area contributed by atoms with Crippen molar-refractivity contribution in [1.29, 1.82) is 0 Å². The number of hydrogen-bond acceptors (Lipinski definition) is 3. The summed E-state index contributed by atoms with van der Waals surface area (Å²) < 4.78 is 30.8. The van der Waals surface area contributed by atoms with Gasteiger partial charge < -0.3 is 9.44 Å². The molecule has 0 amide bonds. The molecule has 0 bridgehead atoms. The molecule has 0 radical (unpaired) electrons. The fourth-order valence-electron chi connectivity index (χ4n) is 3.23. The van der Waals surface area contributed by atoms with E-state index in [4.69, 9.17) is 11.6 Å². The zero-order chi connectivity index (χ0) is 23.3. The molecule has 0 fully saturated rings. The predicted octanol–water partition coefficient (Wildman–Crippen LogP) is 6.35. The predicted molar refractivity (Wildman–Crippen MR) is 136 cm³/mol. The van der Waals surface area contributed by atoms with E-state index in [9.17, 15) is 8.42 Å². The third-order valence-corrected chi connectivity index (χ3v) is 9.02. The van der Waals surface area contributed by atoms with Crippen molar-refractivity contribution >= 4 is 32.7 Å². The van der Waals surface area contributed by atoms with Crippen LogP contribution in [-0.2, 0) is 21.1 Å². The summed E-state index contributed by atoms with van der Waals surface area (Å²) >= 11 is 5.21. The summed E-state index contributed by atoms with van der Waals surface area (Å²) in [6.07, 6.45) is 0. The quantitative estimate of drug-likeness (QED) is 0.357. The fraction of sp³-hybridized carbons (Fsp3) is 0.280. The number of nitrogens with zero attached hydrogens (tertiary/aromatic N) is 1. The second-order valence-electron chi connectivity index (χ2n) is 8.13. The van der Waals surface area contributed by atoms with Crippen molar-refractivity contribution in [3.05, 3.63) is 98.6 Å². The number of nitrogens with one attached hydrogen (secondary N) is 1. The van der Waals surface area contributed by atoms with Gasteiger partial charge in [-0.05, 0) is 66.9 Å². The maximum absolute atomic E-state index is 13.2.